The lowest BCUT2D eigenvalue weighted by Gasteiger charge is -2.24. The van der Waals surface area contributed by atoms with Crippen LogP contribution in [0.25, 0.3) is 0 Å². The third kappa shape index (κ3) is 4.16. The van der Waals surface area contributed by atoms with Gasteiger partial charge in [0.15, 0.2) is 0 Å². The monoisotopic (exact) mass is 307 g/mol. The highest BCUT2D eigenvalue weighted by Crippen LogP contribution is 2.34. The zero-order valence-electron chi connectivity index (χ0n) is 13.0. The van der Waals surface area contributed by atoms with Gasteiger partial charge in [-0.3, -0.25) is 15.1 Å². The van der Waals surface area contributed by atoms with E-state index in [-0.39, 0.29) is 17.6 Å². The lowest BCUT2D eigenvalue weighted by molar-refractivity contribution is -0.385. The Morgan fingerprint density at radius 2 is 2.14 bits per heavy atom. The standard InChI is InChI=1S/C15H21N3O4/c1-15(2,3)22-14(19)17-13-6-4-5-11(13)12-8-7-10(9-16-12)18(20)21/h7-9,11,13H,4-6H2,1-3H3,(H,17,19). The zero-order valence-corrected chi connectivity index (χ0v) is 13.0. The summed E-state index contributed by atoms with van der Waals surface area (Å²) in [6.45, 7) is 5.45. The first-order chi connectivity index (χ1) is 10.3. The zero-order chi connectivity index (χ0) is 16.3. The highest BCUT2D eigenvalue weighted by molar-refractivity contribution is 5.68. The number of hydrogen-bond donors (Lipinski definition) is 1. The van der Waals surface area contributed by atoms with Gasteiger partial charge in [-0.1, -0.05) is 6.42 Å². The number of aromatic nitrogens is 1. The maximum Gasteiger partial charge on any atom is 0.407 e. The third-order valence-corrected chi connectivity index (χ3v) is 3.58. The first-order valence-electron chi connectivity index (χ1n) is 7.36. The average molecular weight is 307 g/mol. The molecule has 0 spiro atoms. The second-order valence-corrected chi connectivity index (χ2v) is 6.49. The van der Waals surface area contributed by atoms with Gasteiger partial charge in [0.1, 0.15) is 11.8 Å². The van der Waals surface area contributed by atoms with E-state index in [1.54, 1.807) is 6.07 Å². The van der Waals surface area contributed by atoms with Gasteiger partial charge >= 0.3 is 6.09 Å². The van der Waals surface area contributed by atoms with E-state index in [1.165, 1.54) is 12.3 Å². The van der Waals surface area contributed by atoms with Crippen molar-refractivity contribution in [2.24, 2.45) is 0 Å². The normalized spacial score (nSPS) is 21.4. The Hall–Kier alpha value is -2.18. The van der Waals surface area contributed by atoms with Crippen molar-refractivity contribution in [1.82, 2.24) is 10.3 Å². The number of hydrogen-bond acceptors (Lipinski definition) is 5. The molecule has 7 heteroatoms. The number of pyridine rings is 1. The summed E-state index contributed by atoms with van der Waals surface area (Å²) in [5.74, 6) is 0.0633. The van der Waals surface area contributed by atoms with Crippen molar-refractivity contribution in [3.8, 4) is 0 Å². The topological polar surface area (TPSA) is 94.4 Å². The van der Waals surface area contributed by atoms with Gasteiger partial charge in [0.05, 0.1) is 4.92 Å². The fourth-order valence-corrected chi connectivity index (χ4v) is 2.67. The summed E-state index contributed by atoms with van der Waals surface area (Å²) in [6, 6.07) is 3.06. The van der Waals surface area contributed by atoms with E-state index in [0.717, 1.165) is 25.0 Å². The molecule has 0 aromatic carbocycles. The van der Waals surface area contributed by atoms with Crippen LogP contribution in [0.15, 0.2) is 18.3 Å². The molecule has 0 bridgehead atoms. The third-order valence-electron chi connectivity index (χ3n) is 3.58. The minimum atomic E-state index is -0.538. The molecule has 1 saturated carbocycles. The van der Waals surface area contributed by atoms with Crippen LogP contribution in [0.4, 0.5) is 10.5 Å². The summed E-state index contributed by atoms with van der Waals surface area (Å²) in [7, 11) is 0. The maximum atomic E-state index is 11.9. The molecule has 0 radical (unpaired) electrons. The lowest BCUT2D eigenvalue weighted by Crippen LogP contribution is -2.40. The van der Waals surface area contributed by atoms with Crippen molar-refractivity contribution in [2.45, 2.75) is 57.6 Å². The first kappa shape index (κ1) is 16.2. The number of carbonyl (C=O) groups is 1. The molecule has 1 aromatic heterocycles. The molecule has 1 amide bonds. The molecule has 1 N–H and O–H groups in total. The van der Waals surface area contributed by atoms with Gasteiger partial charge in [-0.25, -0.2) is 4.79 Å². The van der Waals surface area contributed by atoms with E-state index in [0.29, 0.717) is 0 Å². The molecule has 2 rings (SSSR count). The molecule has 1 aliphatic carbocycles. The lowest BCUT2D eigenvalue weighted by atomic mass is 9.99. The number of nitrogens with zero attached hydrogens (tertiary/aromatic N) is 2. The summed E-state index contributed by atoms with van der Waals surface area (Å²) in [6.07, 6.45) is 3.54. The summed E-state index contributed by atoms with van der Waals surface area (Å²) in [4.78, 5) is 26.3. The van der Waals surface area contributed by atoms with Crippen LogP contribution in [0.3, 0.4) is 0 Å². The van der Waals surface area contributed by atoms with Crippen LogP contribution in [0, 0.1) is 10.1 Å². The smallest absolute Gasteiger partial charge is 0.407 e. The average Bonchev–Trinajstić information content (AvgIpc) is 2.84. The molecule has 7 nitrogen and oxygen atoms in total. The predicted octanol–water partition coefficient (Wildman–Crippen LogP) is 3.15. The van der Waals surface area contributed by atoms with Gasteiger partial charge in [-0.2, -0.15) is 0 Å². The molecule has 1 fully saturated rings. The molecule has 120 valence electrons. The van der Waals surface area contributed by atoms with Crippen molar-refractivity contribution in [1.29, 1.82) is 0 Å². The number of alkyl carbamates (subject to hydrolysis) is 1. The summed E-state index contributed by atoms with van der Waals surface area (Å²) >= 11 is 0. The fraction of sp³-hybridized carbons (Fsp3) is 0.600. The Balaban J connectivity index is 2.04. The van der Waals surface area contributed by atoms with Gasteiger partial charge in [-0.05, 0) is 39.7 Å². The molecule has 0 saturated heterocycles. The van der Waals surface area contributed by atoms with E-state index in [9.17, 15) is 14.9 Å². The SMILES string of the molecule is CC(C)(C)OC(=O)NC1CCCC1c1ccc([N+](=O)[O-])cn1. The van der Waals surface area contributed by atoms with Crippen LogP contribution in [0.2, 0.25) is 0 Å². The van der Waals surface area contributed by atoms with Crippen LogP contribution < -0.4 is 5.32 Å². The Kier molecular flexibility index (Phi) is 4.63. The second-order valence-electron chi connectivity index (χ2n) is 6.49. The fourth-order valence-electron chi connectivity index (χ4n) is 2.67. The van der Waals surface area contributed by atoms with Crippen molar-refractivity contribution >= 4 is 11.8 Å². The molecular formula is C15H21N3O4. The number of nitrogens with one attached hydrogen (secondary N) is 1. The Morgan fingerprint density at radius 3 is 2.68 bits per heavy atom. The van der Waals surface area contributed by atoms with Gasteiger partial charge < -0.3 is 10.1 Å². The van der Waals surface area contributed by atoms with Gasteiger partial charge in [0.2, 0.25) is 0 Å². The van der Waals surface area contributed by atoms with Crippen molar-refractivity contribution < 1.29 is 14.5 Å². The number of amides is 1. The Bertz CT molecular complexity index is 551. The van der Waals surface area contributed by atoms with E-state index < -0.39 is 16.6 Å². The molecule has 1 aromatic rings. The van der Waals surface area contributed by atoms with E-state index in [1.807, 2.05) is 20.8 Å². The summed E-state index contributed by atoms with van der Waals surface area (Å²) in [5, 5.41) is 13.6. The molecular weight excluding hydrogens is 286 g/mol. The van der Waals surface area contributed by atoms with Crippen LogP contribution in [-0.4, -0.2) is 27.6 Å². The second kappa shape index (κ2) is 6.29. The summed E-state index contributed by atoms with van der Waals surface area (Å²) < 4.78 is 5.27. The van der Waals surface area contributed by atoms with Crippen molar-refractivity contribution in [3.63, 3.8) is 0 Å². The quantitative estimate of drug-likeness (QED) is 0.683. The number of rotatable bonds is 3. The Morgan fingerprint density at radius 1 is 1.41 bits per heavy atom. The van der Waals surface area contributed by atoms with Crippen LogP contribution in [0.1, 0.15) is 51.6 Å². The predicted molar refractivity (Wildman–Crippen MR) is 80.6 cm³/mol. The van der Waals surface area contributed by atoms with Crippen molar-refractivity contribution in [3.05, 3.63) is 34.1 Å². The highest BCUT2D eigenvalue weighted by atomic mass is 16.6. The number of ether oxygens (including phenoxy) is 1. The molecule has 2 atom stereocenters. The molecule has 22 heavy (non-hydrogen) atoms. The molecule has 1 aliphatic rings. The van der Waals surface area contributed by atoms with E-state index in [4.69, 9.17) is 4.74 Å². The summed E-state index contributed by atoms with van der Waals surface area (Å²) in [5.41, 5.74) is 0.201. The van der Waals surface area contributed by atoms with Gasteiger partial charge in [0, 0.05) is 23.7 Å². The van der Waals surface area contributed by atoms with Crippen LogP contribution >= 0.6 is 0 Å². The highest BCUT2D eigenvalue weighted by Gasteiger charge is 2.32. The number of nitro groups is 1. The largest absolute Gasteiger partial charge is 0.444 e. The number of carbonyl (C=O) groups excluding carboxylic acids is 1. The molecule has 1 heterocycles. The Labute approximate surface area is 129 Å². The van der Waals surface area contributed by atoms with Gasteiger partial charge in [0.25, 0.3) is 5.69 Å². The molecule has 2 unspecified atom stereocenters. The van der Waals surface area contributed by atoms with E-state index >= 15 is 0 Å². The molecule has 0 aliphatic heterocycles. The first-order valence-corrected chi connectivity index (χ1v) is 7.36. The van der Waals surface area contributed by atoms with Gasteiger partial charge in [-0.15, -0.1) is 0 Å². The van der Waals surface area contributed by atoms with E-state index in [2.05, 4.69) is 10.3 Å². The minimum Gasteiger partial charge on any atom is -0.444 e. The van der Waals surface area contributed by atoms with Crippen LogP contribution in [0.5, 0.6) is 0 Å². The van der Waals surface area contributed by atoms with Crippen LogP contribution in [-0.2, 0) is 4.74 Å². The maximum absolute atomic E-state index is 11.9. The minimum absolute atomic E-state index is 0.0293. The van der Waals surface area contributed by atoms with Crippen molar-refractivity contribution in [2.75, 3.05) is 0 Å².